The minimum atomic E-state index is -0.0214. The van der Waals surface area contributed by atoms with Gasteiger partial charge in [-0.15, -0.1) is 24.0 Å². The molecule has 1 rings (SSSR count). The van der Waals surface area contributed by atoms with E-state index in [-0.39, 0.29) is 36.1 Å². The van der Waals surface area contributed by atoms with E-state index in [1.165, 1.54) is 0 Å². The number of rotatable bonds is 8. The van der Waals surface area contributed by atoms with Crippen LogP contribution in [0.25, 0.3) is 0 Å². The van der Waals surface area contributed by atoms with Crippen LogP contribution in [0.5, 0.6) is 5.75 Å². The van der Waals surface area contributed by atoms with Crippen molar-refractivity contribution in [1.29, 1.82) is 0 Å². The Bertz CT molecular complexity index is 474. The standard InChI is InChI=1S/C16H26BrN3O2.HI/c1-5-18-16(20-12(2)11-21-4)19-10-13(3)22-15-9-7-6-8-14(15)17;/h6-9,12-13H,5,10-11H2,1-4H3,(H2,18,19,20);1H. The molecule has 0 radical (unpaired) electrons. The summed E-state index contributed by atoms with van der Waals surface area (Å²) in [4.78, 5) is 4.56. The van der Waals surface area contributed by atoms with E-state index in [0.29, 0.717) is 13.2 Å². The second kappa shape index (κ2) is 12.8. The van der Waals surface area contributed by atoms with E-state index in [1.54, 1.807) is 7.11 Å². The largest absolute Gasteiger partial charge is 0.488 e. The maximum atomic E-state index is 5.89. The third-order valence-electron chi connectivity index (χ3n) is 2.82. The van der Waals surface area contributed by atoms with Gasteiger partial charge in [0.1, 0.15) is 11.9 Å². The van der Waals surface area contributed by atoms with E-state index in [0.717, 1.165) is 22.7 Å². The summed E-state index contributed by atoms with van der Waals surface area (Å²) in [5.41, 5.74) is 0. The number of guanidine groups is 1. The molecule has 2 unspecified atom stereocenters. The lowest BCUT2D eigenvalue weighted by molar-refractivity contribution is 0.179. The topological polar surface area (TPSA) is 54.9 Å². The monoisotopic (exact) mass is 499 g/mol. The number of ether oxygens (including phenoxy) is 2. The molecule has 0 spiro atoms. The predicted octanol–water partition coefficient (Wildman–Crippen LogP) is 3.42. The molecule has 0 fully saturated rings. The van der Waals surface area contributed by atoms with Gasteiger partial charge in [0.25, 0.3) is 0 Å². The number of aliphatic imine (C=N–C) groups is 1. The average molecular weight is 500 g/mol. The van der Waals surface area contributed by atoms with Crippen LogP contribution in [0, 0.1) is 0 Å². The molecule has 0 aliphatic rings. The molecule has 1 aromatic carbocycles. The summed E-state index contributed by atoms with van der Waals surface area (Å²) in [5, 5.41) is 6.52. The molecule has 5 nitrogen and oxygen atoms in total. The van der Waals surface area contributed by atoms with E-state index >= 15 is 0 Å². The fraction of sp³-hybridized carbons (Fsp3) is 0.562. The second-order valence-corrected chi connectivity index (χ2v) is 5.93. The summed E-state index contributed by atoms with van der Waals surface area (Å²) in [5.74, 6) is 1.60. The van der Waals surface area contributed by atoms with Gasteiger partial charge >= 0.3 is 0 Å². The third kappa shape index (κ3) is 9.36. The van der Waals surface area contributed by atoms with Gasteiger partial charge < -0.3 is 20.1 Å². The number of halogens is 2. The summed E-state index contributed by atoms with van der Waals surface area (Å²) in [7, 11) is 1.69. The Morgan fingerprint density at radius 2 is 2.00 bits per heavy atom. The summed E-state index contributed by atoms with van der Waals surface area (Å²) in [6.07, 6.45) is -0.0214. The van der Waals surface area contributed by atoms with Crippen molar-refractivity contribution in [1.82, 2.24) is 10.6 Å². The fourth-order valence-corrected chi connectivity index (χ4v) is 2.24. The minimum absolute atomic E-state index is 0. The number of para-hydroxylation sites is 1. The highest BCUT2D eigenvalue weighted by Gasteiger charge is 2.08. The molecule has 0 saturated carbocycles. The van der Waals surface area contributed by atoms with Crippen LogP contribution in [0.3, 0.4) is 0 Å². The van der Waals surface area contributed by atoms with Gasteiger partial charge in [0.15, 0.2) is 5.96 Å². The maximum absolute atomic E-state index is 5.89. The van der Waals surface area contributed by atoms with Gasteiger partial charge in [0.2, 0.25) is 0 Å². The molecule has 23 heavy (non-hydrogen) atoms. The maximum Gasteiger partial charge on any atom is 0.191 e. The zero-order valence-corrected chi connectivity index (χ0v) is 18.1. The average Bonchev–Trinajstić information content (AvgIpc) is 2.48. The van der Waals surface area contributed by atoms with Crippen LogP contribution in [-0.4, -0.2) is 44.9 Å². The van der Waals surface area contributed by atoms with Crippen molar-refractivity contribution in [2.45, 2.75) is 32.9 Å². The zero-order valence-electron chi connectivity index (χ0n) is 14.1. The Kier molecular flexibility index (Phi) is 12.5. The van der Waals surface area contributed by atoms with E-state index in [1.807, 2.05) is 38.1 Å². The molecule has 0 amide bonds. The van der Waals surface area contributed by atoms with E-state index < -0.39 is 0 Å². The summed E-state index contributed by atoms with van der Waals surface area (Å²) < 4.78 is 12.0. The SMILES string of the molecule is CCNC(=NCC(C)Oc1ccccc1Br)NC(C)COC.I. The molecule has 0 bridgehead atoms. The van der Waals surface area contributed by atoms with Crippen molar-refractivity contribution in [3.63, 3.8) is 0 Å². The van der Waals surface area contributed by atoms with Gasteiger partial charge in [-0.05, 0) is 48.8 Å². The normalized spacial score (nSPS) is 13.7. The summed E-state index contributed by atoms with van der Waals surface area (Å²) >= 11 is 3.48. The first-order chi connectivity index (χ1) is 10.6. The molecular formula is C16H27BrIN3O2. The third-order valence-corrected chi connectivity index (χ3v) is 3.47. The van der Waals surface area contributed by atoms with Gasteiger partial charge in [0, 0.05) is 19.7 Å². The Hall–Kier alpha value is -0.540. The molecule has 0 heterocycles. The molecule has 0 aromatic heterocycles. The van der Waals surface area contributed by atoms with Crippen molar-refractivity contribution in [2.24, 2.45) is 4.99 Å². The number of nitrogens with zero attached hydrogens (tertiary/aromatic N) is 1. The van der Waals surface area contributed by atoms with Crippen molar-refractivity contribution in [3.05, 3.63) is 28.7 Å². The Labute approximate surface area is 164 Å². The first kappa shape index (κ1) is 22.5. The number of methoxy groups -OCH3 is 1. The van der Waals surface area contributed by atoms with Gasteiger partial charge in [0.05, 0.1) is 17.6 Å². The lowest BCUT2D eigenvalue weighted by Crippen LogP contribution is -2.44. The van der Waals surface area contributed by atoms with Crippen molar-refractivity contribution in [2.75, 3.05) is 26.8 Å². The number of hydrogen-bond acceptors (Lipinski definition) is 3. The van der Waals surface area contributed by atoms with Gasteiger partial charge in [-0.3, -0.25) is 0 Å². The fourth-order valence-electron chi connectivity index (χ4n) is 1.86. The Morgan fingerprint density at radius 3 is 2.61 bits per heavy atom. The molecular weight excluding hydrogens is 473 g/mol. The van der Waals surface area contributed by atoms with Crippen LogP contribution >= 0.6 is 39.9 Å². The second-order valence-electron chi connectivity index (χ2n) is 5.08. The van der Waals surface area contributed by atoms with Crippen LogP contribution in [-0.2, 0) is 4.74 Å². The van der Waals surface area contributed by atoms with Crippen LogP contribution in [0.1, 0.15) is 20.8 Å². The number of benzene rings is 1. The van der Waals surface area contributed by atoms with E-state index in [4.69, 9.17) is 9.47 Å². The summed E-state index contributed by atoms with van der Waals surface area (Å²) in [6.45, 7) is 8.11. The predicted molar refractivity (Wildman–Crippen MR) is 110 cm³/mol. The number of nitrogens with one attached hydrogen (secondary N) is 2. The molecule has 7 heteroatoms. The first-order valence-corrected chi connectivity index (χ1v) is 8.31. The zero-order chi connectivity index (χ0) is 16.4. The number of hydrogen-bond donors (Lipinski definition) is 2. The Balaban J connectivity index is 0.00000484. The molecule has 0 saturated heterocycles. The van der Waals surface area contributed by atoms with E-state index in [9.17, 15) is 0 Å². The highest BCUT2D eigenvalue weighted by molar-refractivity contribution is 14.0. The minimum Gasteiger partial charge on any atom is -0.488 e. The molecule has 2 N–H and O–H groups in total. The van der Waals surface area contributed by atoms with Crippen LogP contribution in [0.2, 0.25) is 0 Å². The van der Waals surface area contributed by atoms with Crippen LogP contribution in [0.4, 0.5) is 0 Å². The van der Waals surface area contributed by atoms with Crippen molar-refractivity contribution in [3.8, 4) is 5.75 Å². The van der Waals surface area contributed by atoms with Gasteiger partial charge in [-0.2, -0.15) is 0 Å². The smallest absolute Gasteiger partial charge is 0.191 e. The molecule has 2 atom stereocenters. The lowest BCUT2D eigenvalue weighted by atomic mass is 10.3. The highest BCUT2D eigenvalue weighted by atomic mass is 127. The van der Waals surface area contributed by atoms with Crippen molar-refractivity contribution >= 4 is 45.9 Å². The molecule has 1 aromatic rings. The van der Waals surface area contributed by atoms with Gasteiger partial charge in [-0.1, -0.05) is 12.1 Å². The highest BCUT2D eigenvalue weighted by Crippen LogP contribution is 2.24. The molecule has 0 aliphatic carbocycles. The molecule has 0 aliphatic heterocycles. The Morgan fingerprint density at radius 1 is 1.30 bits per heavy atom. The summed E-state index contributed by atoms with van der Waals surface area (Å²) in [6, 6.07) is 8.01. The quantitative estimate of drug-likeness (QED) is 0.327. The van der Waals surface area contributed by atoms with E-state index in [2.05, 4.69) is 38.5 Å². The van der Waals surface area contributed by atoms with Crippen LogP contribution < -0.4 is 15.4 Å². The molecule has 132 valence electrons. The van der Waals surface area contributed by atoms with Crippen LogP contribution in [0.15, 0.2) is 33.7 Å². The van der Waals surface area contributed by atoms with Gasteiger partial charge in [-0.25, -0.2) is 4.99 Å². The lowest BCUT2D eigenvalue weighted by Gasteiger charge is -2.18. The van der Waals surface area contributed by atoms with Crippen molar-refractivity contribution < 1.29 is 9.47 Å². The first-order valence-electron chi connectivity index (χ1n) is 7.51.